The number of benzene rings is 1. The smallest absolute Gasteiger partial charge is 0.194 e. The van der Waals surface area contributed by atoms with Crippen molar-refractivity contribution in [1.82, 2.24) is 10.2 Å². The molecule has 0 saturated carbocycles. The summed E-state index contributed by atoms with van der Waals surface area (Å²) in [5.74, 6) is 1.01. The number of rotatable bonds is 2. The molecule has 0 aliphatic carbocycles. The first-order chi connectivity index (χ1) is 8.47. The van der Waals surface area contributed by atoms with Crippen LogP contribution in [0.1, 0.15) is 31.9 Å². The number of hydrogen-bond donors (Lipinski definition) is 1. The van der Waals surface area contributed by atoms with Crippen molar-refractivity contribution in [2.24, 2.45) is 4.99 Å². The lowest BCUT2D eigenvalue weighted by Crippen LogP contribution is -2.35. The first kappa shape index (κ1) is 16.3. The second kappa shape index (κ2) is 6.59. The Hall–Kier alpha value is -0.780. The van der Waals surface area contributed by atoms with Crippen LogP contribution in [0.2, 0.25) is 0 Å². The Kier molecular flexibility index (Phi) is 5.64. The molecule has 0 unspecified atom stereocenters. The van der Waals surface area contributed by atoms with Gasteiger partial charge < -0.3 is 10.2 Å². The predicted octanol–water partition coefficient (Wildman–Crippen LogP) is 2.99. The van der Waals surface area contributed by atoms with Crippen LogP contribution < -0.4 is 5.32 Å². The van der Waals surface area contributed by atoms with Gasteiger partial charge in [0.1, 0.15) is 0 Å². The van der Waals surface area contributed by atoms with Crippen LogP contribution in [0.5, 0.6) is 0 Å². The third-order valence-corrected chi connectivity index (χ3v) is 3.33. The van der Waals surface area contributed by atoms with Crippen molar-refractivity contribution in [3.05, 3.63) is 35.4 Å². The summed E-state index contributed by atoms with van der Waals surface area (Å²) in [5, 5.41) is 3.38. The summed E-state index contributed by atoms with van der Waals surface area (Å²) in [5.41, 5.74) is 2.90. The summed E-state index contributed by atoms with van der Waals surface area (Å²) < 4.78 is 0. The second-order valence-electron chi connectivity index (χ2n) is 5.93. The van der Waals surface area contributed by atoms with Gasteiger partial charge in [0.05, 0.1) is 6.54 Å². The Bertz CT molecular complexity index is 432. The highest BCUT2D eigenvalue weighted by molar-refractivity contribution is 14.0. The molecule has 106 valence electrons. The number of likely N-dealkylation sites (N-methyl/N-ethyl adjacent to an activating group) is 1. The normalized spacial score (nSPS) is 14.9. The van der Waals surface area contributed by atoms with E-state index in [2.05, 4.69) is 67.3 Å². The number of guanidine groups is 1. The van der Waals surface area contributed by atoms with Crippen LogP contribution in [0.3, 0.4) is 0 Å². The average molecular weight is 373 g/mol. The van der Waals surface area contributed by atoms with E-state index < -0.39 is 0 Å². The quantitative estimate of drug-likeness (QED) is 0.808. The summed E-state index contributed by atoms with van der Waals surface area (Å²) in [7, 11) is 2.07. The standard InChI is InChI=1S/C15H23N3.HI/c1-15(2,3)13-7-5-12(6-8-13)11-17-14-16-9-10-18(14)4;/h5-8H,9-11H2,1-4H3,(H,16,17);1H. The van der Waals surface area contributed by atoms with Crippen LogP contribution >= 0.6 is 24.0 Å². The fourth-order valence-electron chi connectivity index (χ4n) is 2.03. The van der Waals surface area contributed by atoms with Gasteiger partial charge in [-0.3, -0.25) is 4.99 Å². The molecule has 19 heavy (non-hydrogen) atoms. The van der Waals surface area contributed by atoms with Gasteiger partial charge in [0.2, 0.25) is 0 Å². The van der Waals surface area contributed by atoms with Crippen molar-refractivity contribution in [2.75, 3.05) is 20.1 Å². The SMILES string of the molecule is CN1CCN=C1NCc1ccc(C(C)(C)C)cc1.I. The molecule has 2 rings (SSSR count). The molecule has 1 N–H and O–H groups in total. The van der Waals surface area contributed by atoms with Crippen LogP contribution in [0.4, 0.5) is 0 Å². The van der Waals surface area contributed by atoms with Crippen molar-refractivity contribution in [3.8, 4) is 0 Å². The number of aliphatic imine (C=N–C) groups is 1. The molecule has 0 aromatic heterocycles. The van der Waals surface area contributed by atoms with Gasteiger partial charge in [0.15, 0.2) is 5.96 Å². The van der Waals surface area contributed by atoms with Crippen molar-refractivity contribution in [2.45, 2.75) is 32.7 Å². The zero-order chi connectivity index (χ0) is 13.2. The Labute approximate surface area is 133 Å². The molecule has 1 aliphatic rings. The van der Waals surface area contributed by atoms with Crippen LogP contribution in [-0.2, 0) is 12.0 Å². The minimum Gasteiger partial charge on any atom is -0.352 e. The van der Waals surface area contributed by atoms with Crippen LogP contribution in [0.25, 0.3) is 0 Å². The Morgan fingerprint density at radius 3 is 2.32 bits per heavy atom. The van der Waals surface area contributed by atoms with Gasteiger partial charge in [0, 0.05) is 20.1 Å². The first-order valence-corrected chi connectivity index (χ1v) is 6.56. The molecule has 4 heteroatoms. The summed E-state index contributed by atoms with van der Waals surface area (Å²) in [6.07, 6.45) is 0. The lowest BCUT2D eigenvalue weighted by molar-refractivity contribution is 0.534. The minimum absolute atomic E-state index is 0. The largest absolute Gasteiger partial charge is 0.352 e. The van der Waals surface area contributed by atoms with Crippen molar-refractivity contribution in [1.29, 1.82) is 0 Å². The molecule has 0 amide bonds. The molecule has 0 atom stereocenters. The van der Waals surface area contributed by atoms with Crippen LogP contribution in [0.15, 0.2) is 29.3 Å². The van der Waals surface area contributed by atoms with Crippen molar-refractivity contribution in [3.63, 3.8) is 0 Å². The van der Waals surface area contributed by atoms with E-state index in [0.717, 1.165) is 25.6 Å². The molecule has 0 saturated heterocycles. The zero-order valence-corrected chi connectivity index (χ0v) is 14.6. The van der Waals surface area contributed by atoms with Gasteiger partial charge >= 0.3 is 0 Å². The minimum atomic E-state index is 0. The molecule has 1 aromatic carbocycles. The first-order valence-electron chi connectivity index (χ1n) is 6.56. The van der Waals surface area contributed by atoms with Gasteiger partial charge in [-0.1, -0.05) is 45.0 Å². The number of halogens is 1. The maximum atomic E-state index is 4.42. The van der Waals surface area contributed by atoms with Gasteiger partial charge in [-0.2, -0.15) is 0 Å². The number of nitrogens with one attached hydrogen (secondary N) is 1. The average Bonchev–Trinajstić information content (AvgIpc) is 2.72. The van der Waals surface area contributed by atoms with Gasteiger partial charge in [-0.05, 0) is 16.5 Å². The fourth-order valence-corrected chi connectivity index (χ4v) is 2.03. The molecule has 0 radical (unpaired) electrons. The van der Waals surface area contributed by atoms with Crippen molar-refractivity contribution < 1.29 is 0 Å². The highest BCUT2D eigenvalue weighted by atomic mass is 127. The van der Waals surface area contributed by atoms with E-state index in [-0.39, 0.29) is 29.4 Å². The maximum absolute atomic E-state index is 4.42. The van der Waals surface area contributed by atoms with E-state index in [1.165, 1.54) is 11.1 Å². The number of hydrogen-bond acceptors (Lipinski definition) is 3. The van der Waals surface area contributed by atoms with E-state index in [1.54, 1.807) is 0 Å². The van der Waals surface area contributed by atoms with E-state index >= 15 is 0 Å². The topological polar surface area (TPSA) is 27.6 Å². The molecule has 1 aliphatic heterocycles. The summed E-state index contributed by atoms with van der Waals surface area (Å²) in [6.45, 7) is 9.48. The van der Waals surface area contributed by atoms with E-state index in [1.807, 2.05) is 0 Å². The Morgan fingerprint density at radius 2 is 1.84 bits per heavy atom. The molecular formula is C15H24IN3. The van der Waals surface area contributed by atoms with E-state index in [0.29, 0.717) is 0 Å². The highest BCUT2D eigenvalue weighted by Gasteiger charge is 2.13. The van der Waals surface area contributed by atoms with E-state index in [4.69, 9.17) is 0 Å². The fraction of sp³-hybridized carbons (Fsp3) is 0.533. The number of nitrogens with zero attached hydrogens (tertiary/aromatic N) is 2. The third kappa shape index (κ3) is 4.37. The summed E-state index contributed by atoms with van der Waals surface area (Å²) in [6, 6.07) is 8.83. The van der Waals surface area contributed by atoms with Crippen LogP contribution in [0, 0.1) is 0 Å². The zero-order valence-electron chi connectivity index (χ0n) is 12.2. The molecule has 1 heterocycles. The Morgan fingerprint density at radius 1 is 1.21 bits per heavy atom. The van der Waals surface area contributed by atoms with Gasteiger partial charge in [-0.25, -0.2) is 0 Å². The predicted molar refractivity (Wildman–Crippen MR) is 92.3 cm³/mol. The summed E-state index contributed by atoms with van der Waals surface area (Å²) in [4.78, 5) is 6.58. The maximum Gasteiger partial charge on any atom is 0.194 e. The van der Waals surface area contributed by atoms with Crippen molar-refractivity contribution >= 4 is 29.9 Å². The van der Waals surface area contributed by atoms with Gasteiger partial charge in [0.25, 0.3) is 0 Å². The monoisotopic (exact) mass is 373 g/mol. The molecule has 3 nitrogen and oxygen atoms in total. The lowest BCUT2D eigenvalue weighted by Gasteiger charge is -2.19. The molecular weight excluding hydrogens is 349 g/mol. The Balaban J connectivity index is 0.00000180. The second-order valence-corrected chi connectivity index (χ2v) is 5.93. The third-order valence-electron chi connectivity index (χ3n) is 3.33. The van der Waals surface area contributed by atoms with Gasteiger partial charge in [-0.15, -0.1) is 24.0 Å². The molecule has 0 spiro atoms. The highest BCUT2D eigenvalue weighted by Crippen LogP contribution is 2.22. The lowest BCUT2D eigenvalue weighted by atomic mass is 9.87. The van der Waals surface area contributed by atoms with E-state index in [9.17, 15) is 0 Å². The summed E-state index contributed by atoms with van der Waals surface area (Å²) >= 11 is 0. The van der Waals surface area contributed by atoms with Crippen LogP contribution in [-0.4, -0.2) is 31.0 Å². The molecule has 0 fully saturated rings. The molecule has 1 aromatic rings. The molecule has 0 bridgehead atoms.